The van der Waals surface area contributed by atoms with Gasteiger partial charge in [-0.1, -0.05) is 11.6 Å². The summed E-state index contributed by atoms with van der Waals surface area (Å²) in [6, 6.07) is 5.75. The third-order valence-corrected chi connectivity index (χ3v) is 2.64. The Kier molecular flexibility index (Phi) is 3.86. The maximum Gasteiger partial charge on any atom is 0.416 e. The average molecular weight is 314 g/mol. The molecule has 108 valence electrons. The lowest BCUT2D eigenvalue weighted by atomic mass is 10.1. The van der Waals surface area contributed by atoms with Crippen molar-refractivity contribution in [2.24, 2.45) is 0 Å². The molecular weight excluding hydrogens is 307 g/mol. The molecule has 0 aliphatic carbocycles. The van der Waals surface area contributed by atoms with E-state index in [1.807, 2.05) is 0 Å². The van der Waals surface area contributed by atoms with Gasteiger partial charge in [0.15, 0.2) is 0 Å². The molecule has 0 unspecified atom stereocenters. The van der Waals surface area contributed by atoms with E-state index >= 15 is 0 Å². The van der Waals surface area contributed by atoms with Crippen LogP contribution in [0, 0.1) is 11.3 Å². The van der Waals surface area contributed by atoms with Gasteiger partial charge < -0.3 is 11.1 Å². The largest absolute Gasteiger partial charge is 0.416 e. The Balaban J connectivity index is 2.39. The van der Waals surface area contributed by atoms with Gasteiger partial charge in [-0.05, 0) is 18.2 Å². The number of rotatable bonds is 2. The molecule has 0 radical (unpaired) electrons. The molecule has 2 rings (SSSR count). The van der Waals surface area contributed by atoms with E-state index in [1.165, 1.54) is 6.07 Å². The van der Waals surface area contributed by atoms with Crippen LogP contribution in [0.5, 0.6) is 0 Å². The molecule has 1 aromatic heterocycles. The number of benzene rings is 1. The summed E-state index contributed by atoms with van der Waals surface area (Å²) in [5.41, 5.74) is 4.46. The Morgan fingerprint density at radius 3 is 2.52 bits per heavy atom. The lowest BCUT2D eigenvalue weighted by molar-refractivity contribution is -0.137. The van der Waals surface area contributed by atoms with E-state index in [-0.39, 0.29) is 28.2 Å². The Labute approximate surface area is 122 Å². The topological polar surface area (TPSA) is 87.6 Å². The molecule has 2 aromatic rings. The van der Waals surface area contributed by atoms with E-state index in [0.717, 1.165) is 18.2 Å². The molecule has 0 saturated heterocycles. The van der Waals surface area contributed by atoms with Crippen LogP contribution in [0.1, 0.15) is 11.1 Å². The lowest BCUT2D eigenvalue weighted by Crippen LogP contribution is -2.06. The third-order valence-electron chi connectivity index (χ3n) is 2.44. The highest BCUT2D eigenvalue weighted by Crippen LogP contribution is 2.32. The van der Waals surface area contributed by atoms with E-state index in [4.69, 9.17) is 22.6 Å². The summed E-state index contributed by atoms with van der Waals surface area (Å²) in [7, 11) is 0. The van der Waals surface area contributed by atoms with Gasteiger partial charge >= 0.3 is 6.18 Å². The number of hydrogen-bond donors (Lipinski definition) is 2. The van der Waals surface area contributed by atoms with Crippen LogP contribution in [-0.2, 0) is 6.18 Å². The molecule has 0 spiro atoms. The zero-order valence-corrected chi connectivity index (χ0v) is 11.0. The second kappa shape index (κ2) is 5.46. The summed E-state index contributed by atoms with van der Waals surface area (Å²) in [4.78, 5) is 7.46. The minimum Gasteiger partial charge on any atom is -0.368 e. The van der Waals surface area contributed by atoms with Crippen LogP contribution in [0.15, 0.2) is 24.3 Å². The van der Waals surface area contributed by atoms with E-state index < -0.39 is 11.7 Å². The van der Waals surface area contributed by atoms with Gasteiger partial charge in [0.25, 0.3) is 0 Å². The molecule has 0 fully saturated rings. The summed E-state index contributed by atoms with van der Waals surface area (Å²) in [6.45, 7) is 0. The van der Waals surface area contributed by atoms with Gasteiger partial charge in [-0.3, -0.25) is 0 Å². The average Bonchev–Trinajstić information content (AvgIpc) is 2.36. The zero-order valence-electron chi connectivity index (χ0n) is 10.2. The number of halogens is 4. The number of nitrogens with two attached hydrogens (primary N) is 1. The molecule has 9 heteroatoms. The molecule has 1 heterocycles. The van der Waals surface area contributed by atoms with E-state index in [1.54, 1.807) is 6.07 Å². The molecule has 21 heavy (non-hydrogen) atoms. The van der Waals surface area contributed by atoms with Crippen LogP contribution in [-0.4, -0.2) is 9.97 Å². The van der Waals surface area contributed by atoms with Gasteiger partial charge in [0, 0.05) is 6.07 Å². The predicted octanol–water partition coefficient (Wildman–Crippen LogP) is 3.35. The quantitative estimate of drug-likeness (QED) is 0.830. The second-order valence-electron chi connectivity index (χ2n) is 3.93. The van der Waals surface area contributed by atoms with Crippen molar-refractivity contribution in [2.75, 3.05) is 11.1 Å². The summed E-state index contributed by atoms with van der Waals surface area (Å²) >= 11 is 5.69. The van der Waals surface area contributed by atoms with Crippen LogP contribution in [0.3, 0.4) is 0 Å². The molecule has 0 saturated carbocycles. The van der Waals surface area contributed by atoms with E-state index in [9.17, 15) is 13.2 Å². The highest BCUT2D eigenvalue weighted by Gasteiger charge is 2.31. The van der Waals surface area contributed by atoms with Gasteiger partial charge in [0.2, 0.25) is 5.95 Å². The Morgan fingerprint density at radius 2 is 1.95 bits per heavy atom. The first-order valence-electron chi connectivity index (χ1n) is 5.48. The Bertz CT molecular complexity index is 704. The first-order valence-corrected chi connectivity index (χ1v) is 5.86. The van der Waals surface area contributed by atoms with Crippen LogP contribution in [0.4, 0.5) is 30.6 Å². The van der Waals surface area contributed by atoms with Crippen molar-refractivity contribution in [3.05, 3.63) is 40.5 Å². The minimum atomic E-state index is -4.52. The third kappa shape index (κ3) is 3.52. The summed E-state index contributed by atoms with van der Waals surface area (Å²) in [6.07, 6.45) is -4.52. The van der Waals surface area contributed by atoms with Gasteiger partial charge in [0.1, 0.15) is 17.0 Å². The van der Waals surface area contributed by atoms with Crippen LogP contribution in [0.25, 0.3) is 0 Å². The molecule has 0 aliphatic heterocycles. The summed E-state index contributed by atoms with van der Waals surface area (Å²) in [5.74, 6) is 0.0687. The lowest BCUT2D eigenvalue weighted by Gasteiger charge is -2.11. The summed E-state index contributed by atoms with van der Waals surface area (Å²) in [5, 5.41) is 11.7. The van der Waals surface area contributed by atoms with E-state index in [2.05, 4.69) is 15.3 Å². The van der Waals surface area contributed by atoms with Crippen LogP contribution >= 0.6 is 11.6 Å². The molecule has 0 atom stereocenters. The van der Waals surface area contributed by atoms with Gasteiger partial charge in [-0.2, -0.15) is 23.4 Å². The van der Waals surface area contributed by atoms with Gasteiger partial charge in [-0.15, -0.1) is 0 Å². The van der Waals surface area contributed by atoms with Crippen molar-refractivity contribution < 1.29 is 13.2 Å². The second-order valence-corrected chi connectivity index (χ2v) is 4.32. The Hall–Kier alpha value is -2.53. The van der Waals surface area contributed by atoms with Gasteiger partial charge in [0.05, 0.1) is 16.8 Å². The SMILES string of the molecule is N#Cc1cc(C(F)(F)F)ccc1Nc1cc(Cl)nc(N)n1. The molecule has 5 nitrogen and oxygen atoms in total. The van der Waals surface area contributed by atoms with Crippen molar-refractivity contribution in [3.63, 3.8) is 0 Å². The fraction of sp³-hybridized carbons (Fsp3) is 0.0833. The summed E-state index contributed by atoms with van der Waals surface area (Å²) < 4.78 is 37.8. The van der Waals surface area contributed by atoms with Crippen molar-refractivity contribution in [1.82, 2.24) is 9.97 Å². The number of alkyl halides is 3. The highest BCUT2D eigenvalue weighted by molar-refractivity contribution is 6.29. The van der Waals surface area contributed by atoms with Crippen LogP contribution in [0.2, 0.25) is 5.15 Å². The maximum atomic E-state index is 12.6. The van der Waals surface area contributed by atoms with Crippen molar-refractivity contribution in [1.29, 1.82) is 5.26 Å². The molecule has 0 bridgehead atoms. The Morgan fingerprint density at radius 1 is 1.24 bits per heavy atom. The van der Waals surface area contributed by atoms with Crippen LogP contribution < -0.4 is 11.1 Å². The van der Waals surface area contributed by atoms with Crippen molar-refractivity contribution in [3.8, 4) is 6.07 Å². The fourth-order valence-corrected chi connectivity index (χ4v) is 1.75. The smallest absolute Gasteiger partial charge is 0.368 e. The zero-order chi connectivity index (χ0) is 15.6. The first kappa shape index (κ1) is 14.9. The monoisotopic (exact) mass is 313 g/mol. The minimum absolute atomic E-state index is 0.0652. The van der Waals surface area contributed by atoms with E-state index in [0.29, 0.717) is 0 Å². The first-order chi connectivity index (χ1) is 9.79. The fourth-order valence-electron chi connectivity index (χ4n) is 1.56. The van der Waals surface area contributed by atoms with Gasteiger partial charge in [-0.25, -0.2) is 4.98 Å². The number of aromatic nitrogens is 2. The standard InChI is InChI=1S/C12H7ClF3N5/c13-9-4-10(21-11(18)20-9)19-8-2-1-7(12(14,15)16)3-6(8)5-17/h1-4H,(H3,18,19,20,21). The number of nitrogens with zero attached hydrogens (tertiary/aromatic N) is 3. The molecule has 0 aliphatic rings. The number of nitriles is 1. The van der Waals surface area contributed by atoms with Crippen molar-refractivity contribution in [2.45, 2.75) is 6.18 Å². The molecular formula is C12H7ClF3N5. The molecule has 0 amide bonds. The maximum absolute atomic E-state index is 12.6. The molecule has 3 N–H and O–H groups in total. The predicted molar refractivity (Wildman–Crippen MR) is 70.9 cm³/mol. The number of anilines is 3. The molecule has 1 aromatic carbocycles. The normalized spacial score (nSPS) is 11.0. The number of hydrogen-bond acceptors (Lipinski definition) is 5. The van der Waals surface area contributed by atoms with Crippen molar-refractivity contribution >= 4 is 29.1 Å². The number of nitrogen functional groups attached to an aromatic ring is 1. The highest BCUT2D eigenvalue weighted by atomic mass is 35.5. The number of nitrogens with one attached hydrogen (secondary N) is 1.